The average molecular weight is 379 g/mol. The van der Waals surface area contributed by atoms with Crippen LogP contribution in [0.5, 0.6) is 5.75 Å². The minimum absolute atomic E-state index is 0.0159. The van der Waals surface area contributed by atoms with Crippen molar-refractivity contribution < 1.29 is 14.5 Å². The van der Waals surface area contributed by atoms with Crippen LogP contribution in [-0.2, 0) is 0 Å². The third kappa shape index (κ3) is 4.24. The largest absolute Gasteiger partial charge is 0.491 e. The molecule has 0 spiro atoms. The van der Waals surface area contributed by atoms with E-state index in [0.717, 1.165) is 5.75 Å². The maximum atomic E-state index is 12.6. The van der Waals surface area contributed by atoms with Crippen LogP contribution < -0.4 is 4.74 Å². The number of thioether (sulfide) groups is 1. The molecule has 0 bridgehead atoms. The first kappa shape index (κ1) is 17.6. The van der Waals surface area contributed by atoms with Crippen LogP contribution in [0.25, 0.3) is 0 Å². The topological polar surface area (TPSA) is 72.7 Å². The van der Waals surface area contributed by atoms with E-state index in [1.54, 1.807) is 53.1 Å². The van der Waals surface area contributed by atoms with Crippen LogP contribution in [0.1, 0.15) is 10.4 Å². The molecule has 1 aliphatic rings. The van der Waals surface area contributed by atoms with Crippen LogP contribution in [0.4, 0.5) is 5.69 Å². The molecule has 1 heterocycles. The summed E-state index contributed by atoms with van der Waals surface area (Å²) in [7, 11) is 0. The number of non-ortho nitro benzene ring substituents is 1. The summed E-state index contributed by atoms with van der Waals surface area (Å²) in [5.41, 5.74) is 0.606. The molecular weight excluding hydrogens is 364 g/mol. The van der Waals surface area contributed by atoms with Crippen molar-refractivity contribution in [1.29, 1.82) is 0 Å². The van der Waals surface area contributed by atoms with E-state index in [1.165, 1.54) is 12.1 Å². The number of hydrogen-bond acceptors (Lipinski definition) is 5. The van der Waals surface area contributed by atoms with Crippen molar-refractivity contribution in [1.82, 2.24) is 4.90 Å². The van der Waals surface area contributed by atoms with Gasteiger partial charge >= 0.3 is 0 Å². The molecule has 0 unspecified atom stereocenters. The quantitative estimate of drug-likeness (QED) is 0.583. The Bertz CT molecular complexity index is 767. The van der Waals surface area contributed by atoms with Crippen LogP contribution >= 0.6 is 23.4 Å². The first-order valence-corrected chi connectivity index (χ1v) is 9.02. The molecule has 0 aromatic heterocycles. The molecule has 1 saturated heterocycles. The smallest absolute Gasteiger partial charge is 0.269 e. The van der Waals surface area contributed by atoms with E-state index in [1.807, 2.05) is 0 Å². The van der Waals surface area contributed by atoms with Crippen molar-refractivity contribution in [3.05, 3.63) is 69.2 Å². The van der Waals surface area contributed by atoms with E-state index in [0.29, 0.717) is 29.5 Å². The first-order chi connectivity index (χ1) is 12.0. The number of rotatable bonds is 5. The Hall–Kier alpha value is -2.25. The molecule has 8 heteroatoms. The zero-order valence-corrected chi connectivity index (χ0v) is 14.7. The Kier molecular flexibility index (Phi) is 5.45. The van der Waals surface area contributed by atoms with Crippen LogP contribution in [0.2, 0.25) is 5.02 Å². The van der Waals surface area contributed by atoms with Crippen molar-refractivity contribution in [2.45, 2.75) is 5.37 Å². The zero-order chi connectivity index (χ0) is 17.8. The van der Waals surface area contributed by atoms with Gasteiger partial charge in [0.1, 0.15) is 17.7 Å². The molecule has 0 saturated carbocycles. The molecule has 2 aromatic rings. The SMILES string of the molecule is O=C(c1ccc(Cl)cc1)N1CCS[C@@H]1COc1ccc([N+](=O)[O-])cc1. The molecule has 0 radical (unpaired) electrons. The van der Waals surface area contributed by atoms with Crippen molar-refractivity contribution in [2.75, 3.05) is 18.9 Å². The number of amides is 1. The lowest BCUT2D eigenvalue weighted by Crippen LogP contribution is -2.38. The molecule has 1 amide bonds. The Morgan fingerprint density at radius 2 is 1.92 bits per heavy atom. The van der Waals surface area contributed by atoms with Gasteiger partial charge in [0.2, 0.25) is 0 Å². The number of nitro groups is 1. The Balaban J connectivity index is 1.62. The number of nitrogens with zero attached hydrogens (tertiary/aromatic N) is 2. The highest BCUT2D eigenvalue weighted by Gasteiger charge is 2.30. The second kappa shape index (κ2) is 7.76. The number of hydrogen-bond donors (Lipinski definition) is 0. The van der Waals surface area contributed by atoms with Gasteiger partial charge in [0.05, 0.1) is 4.92 Å². The third-order valence-electron chi connectivity index (χ3n) is 3.78. The molecule has 0 aliphatic carbocycles. The van der Waals surface area contributed by atoms with Gasteiger partial charge in [-0.3, -0.25) is 14.9 Å². The fourth-order valence-corrected chi connectivity index (χ4v) is 3.73. The number of nitro benzene ring substituents is 1. The number of benzene rings is 2. The summed E-state index contributed by atoms with van der Waals surface area (Å²) in [4.78, 5) is 24.6. The summed E-state index contributed by atoms with van der Waals surface area (Å²) < 4.78 is 5.70. The van der Waals surface area contributed by atoms with E-state index in [-0.39, 0.29) is 17.0 Å². The average Bonchev–Trinajstić information content (AvgIpc) is 3.09. The lowest BCUT2D eigenvalue weighted by Gasteiger charge is -2.24. The highest BCUT2D eigenvalue weighted by Crippen LogP contribution is 2.27. The molecule has 25 heavy (non-hydrogen) atoms. The van der Waals surface area contributed by atoms with Crippen molar-refractivity contribution >= 4 is 35.0 Å². The lowest BCUT2D eigenvalue weighted by molar-refractivity contribution is -0.384. The predicted octanol–water partition coefficient (Wildman–Crippen LogP) is 3.84. The number of halogens is 1. The second-order valence-corrected chi connectivity index (χ2v) is 7.12. The lowest BCUT2D eigenvalue weighted by atomic mass is 10.2. The second-order valence-electron chi connectivity index (χ2n) is 5.39. The van der Waals surface area contributed by atoms with Crippen LogP contribution in [0, 0.1) is 10.1 Å². The van der Waals surface area contributed by atoms with E-state index < -0.39 is 4.92 Å². The minimum atomic E-state index is -0.455. The molecule has 1 atom stereocenters. The van der Waals surface area contributed by atoms with Crippen molar-refractivity contribution in [3.8, 4) is 5.75 Å². The van der Waals surface area contributed by atoms with Crippen LogP contribution in [-0.4, -0.2) is 40.0 Å². The summed E-state index contributed by atoms with van der Waals surface area (Å²) in [5.74, 6) is 1.32. The standard InChI is InChI=1S/C17H15ClN2O4S/c18-13-3-1-12(2-4-13)17(21)19-9-10-25-16(19)11-24-15-7-5-14(6-8-15)20(22)23/h1-8,16H,9-11H2/t16-/m1/s1. The Morgan fingerprint density at radius 3 is 2.56 bits per heavy atom. The zero-order valence-electron chi connectivity index (χ0n) is 13.1. The normalized spacial score (nSPS) is 16.7. The monoisotopic (exact) mass is 378 g/mol. The number of carbonyl (C=O) groups excluding carboxylic acids is 1. The summed E-state index contributed by atoms with van der Waals surface area (Å²) >= 11 is 7.51. The van der Waals surface area contributed by atoms with Gasteiger partial charge in [0.15, 0.2) is 0 Å². The summed E-state index contributed by atoms with van der Waals surface area (Å²) in [6.45, 7) is 0.974. The summed E-state index contributed by atoms with van der Waals surface area (Å²) in [5, 5.41) is 11.2. The van der Waals surface area contributed by atoms with Gasteiger partial charge < -0.3 is 9.64 Å². The van der Waals surface area contributed by atoms with Gasteiger partial charge in [-0.25, -0.2) is 0 Å². The summed E-state index contributed by atoms with van der Waals surface area (Å²) in [6.07, 6.45) is 0. The van der Waals surface area contributed by atoms with Gasteiger partial charge in [0, 0.05) is 35.0 Å². The Labute approximate surface area is 153 Å². The number of ether oxygens (including phenoxy) is 1. The fraction of sp³-hybridized carbons (Fsp3) is 0.235. The molecule has 1 aliphatic heterocycles. The molecule has 6 nitrogen and oxygen atoms in total. The summed E-state index contributed by atoms with van der Waals surface area (Å²) in [6, 6.07) is 12.7. The molecular formula is C17H15ClN2O4S. The van der Waals surface area contributed by atoms with E-state index in [2.05, 4.69) is 0 Å². The van der Waals surface area contributed by atoms with E-state index in [4.69, 9.17) is 16.3 Å². The molecule has 0 N–H and O–H groups in total. The van der Waals surface area contributed by atoms with E-state index in [9.17, 15) is 14.9 Å². The third-order valence-corrected chi connectivity index (χ3v) is 5.23. The molecule has 130 valence electrons. The maximum absolute atomic E-state index is 12.6. The van der Waals surface area contributed by atoms with Gasteiger partial charge in [0.25, 0.3) is 11.6 Å². The van der Waals surface area contributed by atoms with Crippen molar-refractivity contribution in [3.63, 3.8) is 0 Å². The van der Waals surface area contributed by atoms with Gasteiger partial charge in [-0.2, -0.15) is 0 Å². The highest BCUT2D eigenvalue weighted by atomic mass is 35.5. The van der Waals surface area contributed by atoms with Gasteiger partial charge in [-0.15, -0.1) is 11.8 Å². The van der Waals surface area contributed by atoms with Gasteiger partial charge in [-0.1, -0.05) is 11.6 Å². The van der Waals surface area contributed by atoms with E-state index >= 15 is 0 Å². The molecule has 3 rings (SSSR count). The molecule has 1 fully saturated rings. The minimum Gasteiger partial charge on any atom is -0.491 e. The van der Waals surface area contributed by atoms with Crippen molar-refractivity contribution in [2.24, 2.45) is 0 Å². The van der Waals surface area contributed by atoms with Crippen LogP contribution in [0.3, 0.4) is 0 Å². The first-order valence-electron chi connectivity index (χ1n) is 7.60. The maximum Gasteiger partial charge on any atom is 0.269 e. The highest BCUT2D eigenvalue weighted by molar-refractivity contribution is 8.00. The van der Waals surface area contributed by atoms with Crippen LogP contribution in [0.15, 0.2) is 48.5 Å². The number of carbonyl (C=O) groups is 1. The predicted molar refractivity (Wildman–Crippen MR) is 97.3 cm³/mol. The Morgan fingerprint density at radius 1 is 1.24 bits per heavy atom. The van der Waals surface area contributed by atoms with Gasteiger partial charge in [-0.05, 0) is 36.4 Å². The molecule has 2 aromatic carbocycles. The fourth-order valence-electron chi connectivity index (χ4n) is 2.48.